The van der Waals surface area contributed by atoms with Crippen LogP contribution < -0.4 is 25.0 Å². The molecule has 3 heterocycles. The van der Waals surface area contributed by atoms with Crippen molar-refractivity contribution >= 4 is 35.3 Å². The number of thioether (sulfide) groups is 1. The van der Waals surface area contributed by atoms with Gasteiger partial charge in [-0.05, 0) is 43.7 Å². The van der Waals surface area contributed by atoms with E-state index >= 15 is 0 Å². The molecule has 1 saturated carbocycles. The highest BCUT2D eigenvalue weighted by Crippen LogP contribution is 2.41. The van der Waals surface area contributed by atoms with E-state index in [2.05, 4.69) is 37.2 Å². The lowest BCUT2D eigenvalue weighted by molar-refractivity contribution is -0.119. The monoisotopic (exact) mass is 486 g/mol. The molecule has 3 aliphatic rings. The molecule has 0 radical (unpaired) electrons. The van der Waals surface area contributed by atoms with Crippen LogP contribution in [0.1, 0.15) is 45.1 Å². The molecule has 11 heteroatoms. The summed E-state index contributed by atoms with van der Waals surface area (Å²) in [7, 11) is 0. The Balaban J connectivity index is 1.11. The van der Waals surface area contributed by atoms with Crippen molar-refractivity contribution in [3.8, 4) is 11.5 Å². The van der Waals surface area contributed by atoms with E-state index in [-0.39, 0.29) is 12.3 Å². The second-order valence-electron chi connectivity index (χ2n) is 9.01. The fourth-order valence-electron chi connectivity index (χ4n) is 4.15. The number of amides is 3. The van der Waals surface area contributed by atoms with Crippen LogP contribution in [0.4, 0.5) is 16.4 Å². The third kappa shape index (κ3) is 5.40. The molecule has 1 aliphatic carbocycles. The van der Waals surface area contributed by atoms with Gasteiger partial charge in [0.2, 0.25) is 11.9 Å². The van der Waals surface area contributed by atoms with Crippen molar-refractivity contribution < 1.29 is 19.1 Å². The molecule has 0 unspecified atom stereocenters. The van der Waals surface area contributed by atoms with Crippen molar-refractivity contribution in [1.29, 1.82) is 0 Å². The average Bonchev–Trinajstić information content (AvgIpc) is 3.59. The van der Waals surface area contributed by atoms with Crippen molar-refractivity contribution in [2.24, 2.45) is 5.92 Å². The number of anilines is 2. The third-order valence-electron chi connectivity index (χ3n) is 6.24. The SMILES string of the molecule is CC1CCN(c2nnc(SCCC(=O)NC(=O)Nc3ccc4c(c3)OCCO4)n2C2CC2)CC1. The first-order valence-electron chi connectivity index (χ1n) is 11.9. The summed E-state index contributed by atoms with van der Waals surface area (Å²) in [5.41, 5.74) is 0.529. The predicted octanol–water partition coefficient (Wildman–Crippen LogP) is 3.45. The maximum atomic E-state index is 12.3. The summed E-state index contributed by atoms with van der Waals surface area (Å²) in [6.07, 6.45) is 4.84. The number of ether oxygens (including phenoxy) is 2. The van der Waals surface area contributed by atoms with Crippen LogP contribution in [0, 0.1) is 5.92 Å². The summed E-state index contributed by atoms with van der Waals surface area (Å²) in [5, 5.41) is 14.8. The summed E-state index contributed by atoms with van der Waals surface area (Å²) in [6.45, 7) is 5.29. The van der Waals surface area contributed by atoms with Gasteiger partial charge in [-0.15, -0.1) is 10.2 Å². The van der Waals surface area contributed by atoms with Crippen LogP contribution in [-0.4, -0.2) is 58.8 Å². The van der Waals surface area contributed by atoms with E-state index < -0.39 is 6.03 Å². The number of nitrogens with zero attached hydrogens (tertiary/aromatic N) is 4. The summed E-state index contributed by atoms with van der Waals surface area (Å²) in [6, 6.07) is 5.00. The van der Waals surface area contributed by atoms with Crippen molar-refractivity contribution in [3.63, 3.8) is 0 Å². The van der Waals surface area contributed by atoms with Gasteiger partial charge in [-0.25, -0.2) is 4.79 Å². The van der Waals surface area contributed by atoms with E-state index in [1.807, 2.05) is 0 Å². The molecular weight excluding hydrogens is 456 g/mol. The largest absolute Gasteiger partial charge is 0.486 e. The first-order chi connectivity index (χ1) is 16.6. The van der Waals surface area contributed by atoms with Crippen LogP contribution in [0.5, 0.6) is 11.5 Å². The summed E-state index contributed by atoms with van der Waals surface area (Å²) < 4.78 is 13.2. The Morgan fingerprint density at radius 2 is 1.85 bits per heavy atom. The van der Waals surface area contributed by atoms with Crippen molar-refractivity contribution in [2.45, 2.75) is 50.2 Å². The molecule has 1 aromatic heterocycles. The minimum Gasteiger partial charge on any atom is -0.486 e. The van der Waals surface area contributed by atoms with Crippen LogP contribution in [0.2, 0.25) is 0 Å². The van der Waals surface area contributed by atoms with Crippen LogP contribution in [0.25, 0.3) is 0 Å². The fourth-order valence-corrected chi connectivity index (χ4v) is 5.09. The van der Waals surface area contributed by atoms with Gasteiger partial charge < -0.3 is 19.7 Å². The zero-order valence-corrected chi connectivity index (χ0v) is 20.1. The Morgan fingerprint density at radius 1 is 1.09 bits per heavy atom. The molecule has 182 valence electrons. The van der Waals surface area contributed by atoms with E-state index in [9.17, 15) is 9.59 Å². The Labute approximate surface area is 202 Å². The molecule has 2 fully saturated rings. The molecule has 10 nitrogen and oxygen atoms in total. The first kappa shape index (κ1) is 22.8. The molecule has 1 aromatic carbocycles. The van der Waals surface area contributed by atoms with E-state index in [0.29, 0.717) is 42.2 Å². The van der Waals surface area contributed by atoms with E-state index in [0.717, 1.165) is 43.0 Å². The van der Waals surface area contributed by atoms with Gasteiger partial charge in [-0.1, -0.05) is 18.7 Å². The van der Waals surface area contributed by atoms with Crippen molar-refractivity contribution in [1.82, 2.24) is 20.1 Å². The molecular formula is C23H30N6O4S. The number of imide groups is 1. The number of benzene rings is 1. The second-order valence-corrected chi connectivity index (χ2v) is 10.1. The number of hydrogen-bond acceptors (Lipinski definition) is 8. The highest BCUT2D eigenvalue weighted by atomic mass is 32.2. The molecule has 2 N–H and O–H groups in total. The Morgan fingerprint density at radius 3 is 2.62 bits per heavy atom. The van der Waals surface area contributed by atoms with Crippen molar-refractivity contribution in [2.75, 3.05) is 42.3 Å². The van der Waals surface area contributed by atoms with Crippen molar-refractivity contribution in [3.05, 3.63) is 18.2 Å². The quantitative estimate of drug-likeness (QED) is 0.573. The van der Waals surface area contributed by atoms with Crippen LogP contribution in [-0.2, 0) is 4.79 Å². The molecule has 0 bridgehead atoms. The summed E-state index contributed by atoms with van der Waals surface area (Å²) in [5.74, 6) is 3.11. The molecule has 0 spiro atoms. The number of fused-ring (bicyclic) bond motifs is 1. The van der Waals surface area contributed by atoms with Gasteiger partial charge >= 0.3 is 6.03 Å². The number of carbonyl (C=O) groups is 2. The average molecular weight is 487 g/mol. The van der Waals surface area contributed by atoms with Gasteiger partial charge in [0.25, 0.3) is 0 Å². The lowest BCUT2D eigenvalue weighted by Gasteiger charge is -2.31. The minimum absolute atomic E-state index is 0.202. The number of hydrogen-bond donors (Lipinski definition) is 2. The number of urea groups is 1. The molecule has 0 atom stereocenters. The molecule has 1 saturated heterocycles. The summed E-state index contributed by atoms with van der Waals surface area (Å²) >= 11 is 1.52. The lowest BCUT2D eigenvalue weighted by Crippen LogP contribution is -2.35. The lowest BCUT2D eigenvalue weighted by atomic mass is 10.00. The van der Waals surface area contributed by atoms with Crippen LogP contribution in [0.15, 0.2) is 23.4 Å². The fraction of sp³-hybridized carbons (Fsp3) is 0.565. The van der Waals surface area contributed by atoms with Gasteiger partial charge in [-0.3, -0.25) is 14.7 Å². The minimum atomic E-state index is -0.575. The standard InChI is InChI=1S/C23H30N6O4S/c1-15-6-9-28(10-7-15)22-26-27-23(29(22)17-3-4-17)34-13-8-20(30)25-21(31)24-16-2-5-18-19(14-16)33-12-11-32-18/h2,5,14-15,17H,3-4,6-13H2,1H3,(H2,24,25,30,31). The number of carbonyl (C=O) groups excluding carboxylic acids is 2. The number of aromatic nitrogens is 3. The maximum absolute atomic E-state index is 12.3. The van der Waals surface area contributed by atoms with Crippen LogP contribution >= 0.6 is 11.8 Å². The molecule has 2 aromatic rings. The number of rotatable bonds is 7. The topological polar surface area (TPSA) is 111 Å². The van der Waals surface area contributed by atoms with E-state index in [4.69, 9.17) is 9.47 Å². The second kappa shape index (κ2) is 10.1. The molecule has 34 heavy (non-hydrogen) atoms. The van der Waals surface area contributed by atoms with E-state index in [1.165, 1.54) is 24.6 Å². The molecule has 3 amide bonds. The van der Waals surface area contributed by atoms with Gasteiger partial charge in [-0.2, -0.15) is 0 Å². The maximum Gasteiger partial charge on any atom is 0.325 e. The number of nitrogens with one attached hydrogen (secondary N) is 2. The highest BCUT2D eigenvalue weighted by Gasteiger charge is 2.32. The predicted molar refractivity (Wildman–Crippen MR) is 129 cm³/mol. The Kier molecular flexibility index (Phi) is 6.80. The smallest absolute Gasteiger partial charge is 0.325 e. The highest BCUT2D eigenvalue weighted by molar-refractivity contribution is 7.99. The van der Waals surface area contributed by atoms with Gasteiger partial charge in [0.05, 0.1) is 0 Å². The zero-order valence-electron chi connectivity index (χ0n) is 19.3. The first-order valence-corrected chi connectivity index (χ1v) is 12.9. The van der Waals surface area contributed by atoms with Crippen LogP contribution in [0.3, 0.4) is 0 Å². The van der Waals surface area contributed by atoms with Gasteiger partial charge in [0, 0.05) is 43.1 Å². The Bertz CT molecular complexity index is 1050. The van der Waals surface area contributed by atoms with E-state index in [1.54, 1.807) is 18.2 Å². The zero-order chi connectivity index (χ0) is 23.5. The normalized spacial score (nSPS) is 18.0. The summed E-state index contributed by atoms with van der Waals surface area (Å²) in [4.78, 5) is 26.9. The van der Waals surface area contributed by atoms with Gasteiger partial charge in [0.15, 0.2) is 16.7 Å². The molecule has 5 rings (SSSR count). The van der Waals surface area contributed by atoms with Gasteiger partial charge in [0.1, 0.15) is 13.2 Å². The molecule has 2 aliphatic heterocycles. The third-order valence-corrected chi connectivity index (χ3v) is 7.18. The number of piperidine rings is 1. The Hall–Kier alpha value is -2.95.